The number of carbonyl (C=O) groups is 2. The van der Waals surface area contributed by atoms with Crippen LogP contribution in [0.5, 0.6) is 0 Å². The first-order valence-corrected chi connectivity index (χ1v) is 8.70. The smallest absolute Gasteiger partial charge is 0.257 e. The Morgan fingerprint density at radius 2 is 1.48 bits per heavy atom. The molecule has 1 aliphatic carbocycles. The Kier molecular flexibility index (Phi) is 5.30. The Balaban J connectivity index is 1.67. The lowest BCUT2D eigenvalue weighted by Gasteiger charge is -2.24. The summed E-state index contributed by atoms with van der Waals surface area (Å²) in [5.41, 5.74) is -0.477. The molecule has 2 amide bonds. The molecule has 0 aromatic heterocycles. The van der Waals surface area contributed by atoms with Crippen molar-refractivity contribution in [1.82, 2.24) is 9.80 Å². The third-order valence-corrected chi connectivity index (χ3v) is 5.06. The van der Waals surface area contributed by atoms with Crippen molar-refractivity contribution in [3.63, 3.8) is 0 Å². The van der Waals surface area contributed by atoms with Gasteiger partial charge < -0.3 is 9.80 Å². The minimum absolute atomic E-state index is 0.0749. The second-order valence-electron chi connectivity index (χ2n) is 6.68. The van der Waals surface area contributed by atoms with Gasteiger partial charge in [0.15, 0.2) is 17.5 Å². The van der Waals surface area contributed by atoms with Crippen LogP contribution in [0.4, 0.5) is 13.2 Å². The molecule has 1 aromatic carbocycles. The van der Waals surface area contributed by atoms with E-state index >= 15 is 0 Å². The molecule has 0 spiro atoms. The van der Waals surface area contributed by atoms with E-state index in [1.54, 1.807) is 4.90 Å². The second-order valence-corrected chi connectivity index (χ2v) is 6.68. The van der Waals surface area contributed by atoms with Crippen LogP contribution >= 0.6 is 0 Å². The Labute approximate surface area is 144 Å². The molecule has 0 radical (unpaired) electrons. The van der Waals surface area contributed by atoms with E-state index in [-0.39, 0.29) is 18.4 Å². The van der Waals surface area contributed by atoms with Gasteiger partial charge >= 0.3 is 0 Å². The molecule has 0 bridgehead atoms. The van der Waals surface area contributed by atoms with Crippen LogP contribution in [0.15, 0.2) is 12.1 Å². The summed E-state index contributed by atoms with van der Waals surface area (Å²) in [6, 6.07) is 1.71. The van der Waals surface area contributed by atoms with Crippen molar-refractivity contribution in [3.05, 3.63) is 35.1 Å². The number of amides is 2. The molecular formula is C18H21F3N2O2. The van der Waals surface area contributed by atoms with Crippen molar-refractivity contribution in [2.45, 2.75) is 32.1 Å². The first kappa shape index (κ1) is 17.8. The van der Waals surface area contributed by atoms with Gasteiger partial charge in [-0.05, 0) is 31.4 Å². The maximum atomic E-state index is 13.9. The SMILES string of the molecule is O=C(c1ccc(F)c(F)c1F)N1CCCN(C(=O)C2CCCC2)CC1. The molecule has 4 nitrogen and oxygen atoms in total. The van der Waals surface area contributed by atoms with Gasteiger partial charge in [-0.15, -0.1) is 0 Å². The fourth-order valence-corrected chi connectivity index (χ4v) is 3.63. The van der Waals surface area contributed by atoms with E-state index < -0.39 is 28.9 Å². The van der Waals surface area contributed by atoms with Crippen molar-refractivity contribution in [2.75, 3.05) is 26.2 Å². The maximum absolute atomic E-state index is 13.9. The number of nitrogens with zero attached hydrogens (tertiary/aromatic N) is 2. The predicted octanol–water partition coefficient (Wildman–Crippen LogP) is 2.97. The molecule has 7 heteroatoms. The maximum Gasteiger partial charge on any atom is 0.257 e. The van der Waals surface area contributed by atoms with Crippen molar-refractivity contribution in [3.8, 4) is 0 Å². The van der Waals surface area contributed by atoms with Gasteiger partial charge in [-0.3, -0.25) is 9.59 Å². The van der Waals surface area contributed by atoms with Crippen LogP contribution in [0.3, 0.4) is 0 Å². The number of benzene rings is 1. The molecule has 3 rings (SSSR count). The van der Waals surface area contributed by atoms with E-state index in [1.807, 2.05) is 0 Å². The van der Waals surface area contributed by atoms with Crippen LogP contribution in [0, 0.1) is 23.4 Å². The van der Waals surface area contributed by atoms with E-state index in [9.17, 15) is 22.8 Å². The number of hydrogen-bond acceptors (Lipinski definition) is 2. The molecule has 0 N–H and O–H groups in total. The van der Waals surface area contributed by atoms with Crippen molar-refractivity contribution in [2.24, 2.45) is 5.92 Å². The number of rotatable bonds is 2. The molecule has 1 aliphatic heterocycles. The third-order valence-electron chi connectivity index (χ3n) is 5.06. The normalized spacial score (nSPS) is 19.2. The molecular weight excluding hydrogens is 333 g/mol. The number of hydrogen-bond donors (Lipinski definition) is 0. The third kappa shape index (κ3) is 3.65. The standard InChI is InChI=1S/C18H21F3N2O2/c19-14-7-6-13(15(20)16(14)21)18(25)23-9-3-8-22(10-11-23)17(24)12-4-1-2-5-12/h6-7,12H,1-5,8-11H2. The van der Waals surface area contributed by atoms with Gasteiger partial charge in [-0.25, -0.2) is 13.2 Å². The van der Waals surface area contributed by atoms with Crippen LogP contribution in [0.1, 0.15) is 42.5 Å². The second kappa shape index (κ2) is 7.45. The molecule has 0 unspecified atom stereocenters. The molecule has 25 heavy (non-hydrogen) atoms. The topological polar surface area (TPSA) is 40.6 Å². The zero-order valence-electron chi connectivity index (χ0n) is 13.9. The first-order chi connectivity index (χ1) is 12.0. The summed E-state index contributed by atoms with van der Waals surface area (Å²) < 4.78 is 40.3. The van der Waals surface area contributed by atoms with Crippen molar-refractivity contribution in [1.29, 1.82) is 0 Å². The predicted molar refractivity (Wildman–Crippen MR) is 85.4 cm³/mol. The van der Waals surface area contributed by atoms with Gasteiger partial charge in [0.25, 0.3) is 5.91 Å². The van der Waals surface area contributed by atoms with E-state index in [0.29, 0.717) is 26.1 Å². The Morgan fingerprint density at radius 3 is 2.20 bits per heavy atom. The average molecular weight is 354 g/mol. The van der Waals surface area contributed by atoms with Crippen LogP contribution in [-0.4, -0.2) is 47.8 Å². The monoisotopic (exact) mass is 354 g/mol. The van der Waals surface area contributed by atoms with Crippen molar-refractivity contribution >= 4 is 11.8 Å². The zero-order valence-corrected chi connectivity index (χ0v) is 13.9. The van der Waals surface area contributed by atoms with Gasteiger partial charge in [0.2, 0.25) is 5.91 Å². The average Bonchev–Trinajstić information content (AvgIpc) is 3.03. The molecule has 1 saturated carbocycles. The van der Waals surface area contributed by atoms with Crippen molar-refractivity contribution < 1.29 is 22.8 Å². The minimum atomic E-state index is -1.64. The minimum Gasteiger partial charge on any atom is -0.341 e. The lowest BCUT2D eigenvalue weighted by molar-refractivity contribution is -0.135. The zero-order chi connectivity index (χ0) is 18.0. The van der Waals surface area contributed by atoms with Crippen LogP contribution in [-0.2, 0) is 4.79 Å². The molecule has 2 fully saturated rings. The fourth-order valence-electron chi connectivity index (χ4n) is 3.63. The summed E-state index contributed by atoms with van der Waals surface area (Å²) in [7, 11) is 0. The number of halogens is 3. The Bertz CT molecular complexity index is 675. The summed E-state index contributed by atoms with van der Waals surface area (Å²) >= 11 is 0. The summed E-state index contributed by atoms with van der Waals surface area (Å²) in [5.74, 6) is -4.90. The molecule has 1 saturated heterocycles. The van der Waals surface area contributed by atoms with E-state index in [0.717, 1.165) is 37.8 Å². The Morgan fingerprint density at radius 1 is 0.840 bits per heavy atom. The summed E-state index contributed by atoms with van der Waals surface area (Å²) in [6.07, 6.45) is 4.56. The lowest BCUT2D eigenvalue weighted by atomic mass is 10.1. The number of carbonyl (C=O) groups excluding carboxylic acids is 2. The molecule has 1 heterocycles. The van der Waals surface area contributed by atoms with Gasteiger partial charge in [0, 0.05) is 32.1 Å². The highest BCUT2D eigenvalue weighted by Gasteiger charge is 2.30. The van der Waals surface area contributed by atoms with Gasteiger partial charge in [0.1, 0.15) is 0 Å². The van der Waals surface area contributed by atoms with E-state index in [2.05, 4.69) is 0 Å². The molecule has 136 valence electrons. The summed E-state index contributed by atoms with van der Waals surface area (Å²) in [5, 5.41) is 0. The van der Waals surface area contributed by atoms with Gasteiger partial charge in [-0.1, -0.05) is 12.8 Å². The highest BCUT2D eigenvalue weighted by molar-refractivity contribution is 5.94. The van der Waals surface area contributed by atoms with Gasteiger partial charge in [-0.2, -0.15) is 0 Å². The Hall–Kier alpha value is -2.05. The van der Waals surface area contributed by atoms with Crippen LogP contribution in [0.2, 0.25) is 0 Å². The van der Waals surface area contributed by atoms with E-state index in [1.165, 1.54) is 4.90 Å². The van der Waals surface area contributed by atoms with Gasteiger partial charge in [0.05, 0.1) is 5.56 Å². The molecule has 0 atom stereocenters. The molecule has 2 aliphatic rings. The quantitative estimate of drug-likeness (QED) is 0.766. The summed E-state index contributed by atoms with van der Waals surface area (Å²) in [6.45, 7) is 1.55. The highest BCUT2D eigenvalue weighted by atomic mass is 19.2. The fraction of sp³-hybridized carbons (Fsp3) is 0.556. The van der Waals surface area contributed by atoms with Crippen LogP contribution in [0.25, 0.3) is 0 Å². The molecule has 1 aromatic rings. The first-order valence-electron chi connectivity index (χ1n) is 8.70. The van der Waals surface area contributed by atoms with E-state index in [4.69, 9.17) is 0 Å². The summed E-state index contributed by atoms with van der Waals surface area (Å²) in [4.78, 5) is 28.1. The largest absolute Gasteiger partial charge is 0.341 e. The van der Waals surface area contributed by atoms with Crippen LogP contribution < -0.4 is 0 Å². The highest BCUT2D eigenvalue weighted by Crippen LogP contribution is 2.27. The lowest BCUT2D eigenvalue weighted by Crippen LogP contribution is -2.39.